The summed E-state index contributed by atoms with van der Waals surface area (Å²) >= 11 is 5.94. The van der Waals surface area contributed by atoms with Crippen LogP contribution in [0.15, 0.2) is 24.3 Å². The molecule has 3 nitrogen and oxygen atoms in total. The number of hydrogen-bond donors (Lipinski definition) is 1. The van der Waals surface area contributed by atoms with Crippen molar-refractivity contribution in [3.05, 3.63) is 34.9 Å². The molecule has 0 radical (unpaired) electrons. The normalized spacial score (nSPS) is 19.1. The first-order valence-corrected chi connectivity index (χ1v) is 7.89. The summed E-state index contributed by atoms with van der Waals surface area (Å²) < 4.78 is 5.85. The second-order valence-electron chi connectivity index (χ2n) is 5.48. The van der Waals surface area contributed by atoms with Crippen LogP contribution in [-0.2, 0) is 4.74 Å². The summed E-state index contributed by atoms with van der Waals surface area (Å²) in [6, 6.07) is 8.62. The van der Waals surface area contributed by atoms with Crippen LogP contribution in [-0.4, -0.2) is 37.2 Å². The first-order valence-electron chi connectivity index (χ1n) is 7.52. The van der Waals surface area contributed by atoms with Gasteiger partial charge in [-0.2, -0.15) is 0 Å². The topological polar surface area (TPSA) is 38.5 Å². The summed E-state index contributed by atoms with van der Waals surface area (Å²) in [4.78, 5) is 2.52. The van der Waals surface area contributed by atoms with Gasteiger partial charge in [0, 0.05) is 30.8 Å². The molecule has 20 heavy (non-hydrogen) atoms. The number of halogens is 1. The van der Waals surface area contributed by atoms with E-state index in [1.54, 1.807) is 0 Å². The molecule has 0 amide bonds. The van der Waals surface area contributed by atoms with E-state index in [0.717, 1.165) is 44.0 Å². The van der Waals surface area contributed by atoms with Gasteiger partial charge in [-0.15, -0.1) is 0 Å². The Hall–Kier alpha value is -0.610. The summed E-state index contributed by atoms with van der Waals surface area (Å²) in [5, 5.41) is 0.799. The summed E-state index contributed by atoms with van der Waals surface area (Å²) in [6.07, 6.45) is 3.60. The Morgan fingerprint density at radius 3 is 2.55 bits per heavy atom. The molecule has 1 atom stereocenters. The quantitative estimate of drug-likeness (QED) is 0.819. The number of hydrogen-bond acceptors (Lipinski definition) is 3. The Morgan fingerprint density at radius 2 is 1.95 bits per heavy atom. The molecule has 4 heteroatoms. The van der Waals surface area contributed by atoms with Crippen molar-refractivity contribution in [2.75, 3.05) is 26.2 Å². The second kappa shape index (κ2) is 7.99. The van der Waals surface area contributed by atoms with Crippen LogP contribution < -0.4 is 5.73 Å². The van der Waals surface area contributed by atoms with Gasteiger partial charge in [-0.05, 0) is 50.4 Å². The van der Waals surface area contributed by atoms with Crippen molar-refractivity contribution in [1.29, 1.82) is 0 Å². The maximum atomic E-state index is 5.94. The Bertz CT molecular complexity index is 388. The molecule has 1 aliphatic heterocycles. The Morgan fingerprint density at radius 1 is 1.30 bits per heavy atom. The summed E-state index contributed by atoms with van der Waals surface area (Å²) in [7, 11) is 0. The third kappa shape index (κ3) is 4.45. The molecular weight excluding hydrogens is 272 g/mol. The minimum Gasteiger partial charge on any atom is -0.378 e. The van der Waals surface area contributed by atoms with Gasteiger partial charge in [0.15, 0.2) is 0 Å². The van der Waals surface area contributed by atoms with Gasteiger partial charge in [-0.25, -0.2) is 0 Å². The monoisotopic (exact) mass is 296 g/mol. The van der Waals surface area contributed by atoms with Gasteiger partial charge in [0.2, 0.25) is 0 Å². The van der Waals surface area contributed by atoms with Crippen molar-refractivity contribution in [2.45, 2.75) is 38.3 Å². The van der Waals surface area contributed by atoms with E-state index >= 15 is 0 Å². The molecule has 0 saturated carbocycles. The highest BCUT2D eigenvalue weighted by atomic mass is 35.5. The molecule has 1 saturated heterocycles. The minimum atomic E-state index is 0.412. The van der Waals surface area contributed by atoms with Gasteiger partial charge in [-0.1, -0.05) is 23.7 Å². The molecule has 0 aromatic heterocycles. The van der Waals surface area contributed by atoms with Crippen molar-refractivity contribution >= 4 is 11.6 Å². The Labute approximate surface area is 127 Å². The Kier molecular flexibility index (Phi) is 6.30. The zero-order valence-corrected chi connectivity index (χ0v) is 13.0. The number of nitrogens with two attached hydrogens (primary N) is 1. The summed E-state index contributed by atoms with van der Waals surface area (Å²) in [5.74, 6) is 0. The number of likely N-dealkylation sites (tertiary alicyclic amines) is 1. The van der Waals surface area contributed by atoms with Gasteiger partial charge >= 0.3 is 0 Å². The second-order valence-corrected chi connectivity index (χ2v) is 5.91. The SMILES string of the molecule is CC(c1ccc(Cl)cc1)N1CCC(OCCCN)CC1. The van der Waals surface area contributed by atoms with Crippen LogP contribution in [0.1, 0.15) is 37.8 Å². The smallest absolute Gasteiger partial charge is 0.0599 e. The van der Waals surface area contributed by atoms with E-state index in [2.05, 4.69) is 24.0 Å². The lowest BCUT2D eigenvalue weighted by Crippen LogP contribution is -2.38. The molecule has 1 fully saturated rings. The highest BCUT2D eigenvalue weighted by molar-refractivity contribution is 6.30. The lowest BCUT2D eigenvalue weighted by atomic mass is 10.0. The molecule has 1 unspecified atom stereocenters. The number of piperidine rings is 1. The number of benzene rings is 1. The predicted molar refractivity (Wildman–Crippen MR) is 84.1 cm³/mol. The highest BCUT2D eigenvalue weighted by Gasteiger charge is 2.23. The van der Waals surface area contributed by atoms with Crippen LogP contribution >= 0.6 is 11.6 Å². The molecule has 2 N–H and O–H groups in total. The molecule has 1 aromatic carbocycles. The van der Waals surface area contributed by atoms with E-state index in [1.165, 1.54) is 5.56 Å². The molecular formula is C16H25ClN2O. The first kappa shape index (κ1) is 15.8. The average molecular weight is 297 g/mol. The third-order valence-corrected chi connectivity index (χ3v) is 4.33. The highest BCUT2D eigenvalue weighted by Crippen LogP contribution is 2.26. The largest absolute Gasteiger partial charge is 0.378 e. The summed E-state index contributed by atoms with van der Waals surface area (Å²) in [6.45, 7) is 5.97. The number of ether oxygens (including phenoxy) is 1. The van der Waals surface area contributed by atoms with E-state index in [9.17, 15) is 0 Å². The van der Waals surface area contributed by atoms with Crippen LogP contribution in [0, 0.1) is 0 Å². The maximum absolute atomic E-state index is 5.94. The van der Waals surface area contributed by atoms with Crippen molar-refractivity contribution in [1.82, 2.24) is 4.90 Å². The van der Waals surface area contributed by atoms with Crippen LogP contribution in [0.25, 0.3) is 0 Å². The molecule has 1 aromatic rings. The van der Waals surface area contributed by atoms with Gasteiger partial charge in [0.1, 0.15) is 0 Å². The fraction of sp³-hybridized carbons (Fsp3) is 0.625. The van der Waals surface area contributed by atoms with Crippen LogP contribution in [0.2, 0.25) is 5.02 Å². The summed E-state index contributed by atoms with van der Waals surface area (Å²) in [5.41, 5.74) is 6.81. The van der Waals surface area contributed by atoms with E-state index in [-0.39, 0.29) is 0 Å². The molecule has 0 aliphatic carbocycles. The zero-order chi connectivity index (χ0) is 14.4. The molecule has 1 heterocycles. The van der Waals surface area contributed by atoms with Crippen LogP contribution in [0.4, 0.5) is 0 Å². The van der Waals surface area contributed by atoms with E-state index in [1.807, 2.05) is 12.1 Å². The lowest BCUT2D eigenvalue weighted by Gasteiger charge is -2.36. The van der Waals surface area contributed by atoms with E-state index in [4.69, 9.17) is 22.1 Å². The molecule has 112 valence electrons. The lowest BCUT2D eigenvalue weighted by molar-refractivity contribution is -0.000746. The molecule has 1 aliphatic rings. The minimum absolute atomic E-state index is 0.412. The van der Waals surface area contributed by atoms with Gasteiger partial charge < -0.3 is 10.5 Å². The standard InChI is InChI=1S/C16H25ClN2O/c1-13(14-3-5-15(17)6-4-14)19-10-7-16(8-11-19)20-12-2-9-18/h3-6,13,16H,2,7-12,18H2,1H3. The third-order valence-electron chi connectivity index (χ3n) is 4.08. The van der Waals surface area contributed by atoms with Crippen molar-refractivity contribution in [2.24, 2.45) is 5.73 Å². The maximum Gasteiger partial charge on any atom is 0.0599 e. The predicted octanol–water partition coefficient (Wildman–Crippen LogP) is 3.23. The van der Waals surface area contributed by atoms with E-state index < -0.39 is 0 Å². The van der Waals surface area contributed by atoms with Gasteiger partial charge in [-0.3, -0.25) is 4.90 Å². The zero-order valence-electron chi connectivity index (χ0n) is 12.2. The average Bonchev–Trinajstić information content (AvgIpc) is 2.48. The van der Waals surface area contributed by atoms with Crippen molar-refractivity contribution in [3.8, 4) is 0 Å². The fourth-order valence-electron chi connectivity index (χ4n) is 2.72. The van der Waals surface area contributed by atoms with Crippen LogP contribution in [0.3, 0.4) is 0 Å². The fourth-order valence-corrected chi connectivity index (χ4v) is 2.84. The Balaban J connectivity index is 1.79. The molecule has 0 spiro atoms. The molecule has 2 rings (SSSR count). The van der Waals surface area contributed by atoms with Crippen LogP contribution in [0.5, 0.6) is 0 Å². The van der Waals surface area contributed by atoms with Crippen molar-refractivity contribution in [3.63, 3.8) is 0 Å². The van der Waals surface area contributed by atoms with Gasteiger partial charge in [0.05, 0.1) is 6.10 Å². The number of rotatable bonds is 6. The van der Waals surface area contributed by atoms with Gasteiger partial charge in [0.25, 0.3) is 0 Å². The molecule has 0 bridgehead atoms. The first-order chi connectivity index (χ1) is 9.70. The van der Waals surface area contributed by atoms with Crippen molar-refractivity contribution < 1.29 is 4.74 Å². The van der Waals surface area contributed by atoms with E-state index in [0.29, 0.717) is 18.7 Å². The number of nitrogens with zero attached hydrogens (tertiary/aromatic N) is 1.